The molecule has 0 saturated heterocycles. The number of benzene rings is 3. The van der Waals surface area contributed by atoms with E-state index in [-0.39, 0.29) is 18.6 Å². The molecule has 0 bridgehead atoms. The van der Waals surface area contributed by atoms with Gasteiger partial charge >= 0.3 is 5.97 Å². The highest BCUT2D eigenvalue weighted by Gasteiger charge is 2.09. The van der Waals surface area contributed by atoms with Crippen LogP contribution >= 0.6 is 0 Å². The van der Waals surface area contributed by atoms with Crippen LogP contribution in [-0.2, 0) is 4.79 Å². The molecule has 0 aliphatic rings. The number of carbonyl (C=O) groups is 2. The van der Waals surface area contributed by atoms with Crippen molar-refractivity contribution >= 4 is 33.3 Å². The quantitative estimate of drug-likeness (QED) is 0.579. The predicted octanol–water partition coefficient (Wildman–Crippen LogP) is 4.04. The molecule has 3 aromatic carbocycles. The first kappa shape index (κ1) is 13.3. The molecule has 21 heavy (non-hydrogen) atoms. The highest BCUT2D eigenvalue weighted by atomic mass is 16.4. The van der Waals surface area contributed by atoms with Crippen LogP contribution in [0.4, 0.5) is 0 Å². The molecule has 0 amide bonds. The molecule has 104 valence electrons. The summed E-state index contributed by atoms with van der Waals surface area (Å²) in [5, 5.41) is 13.0. The number of ketones is 1. The lowest BCUT2D eigenvalue weighted by atomic mass is 9.99. The first-order chi connectivity index (χ1) is 10.1. The first-order valence-electron chi connectivity index (χ1n) is 6.81. The molecule has 3 rings (SSSR count). The van der Waals surface area contributed by atoms with Crippen LogP contribution in [0.2, 0.25) is 0 Å². The standard InChI is InChI=1S/C18H14O3/c19-17(7-8-18(20)21)15-6-5-14-9-12-3-1-2-4-13(12)10-16(14)11-15/h1-6,9-11H,7-8H2,(H,20,21). The van der Waals surface area contributed by atoms with E-state index in [4.69, 9.17) is 5.11 Å². The Kier molecular flexibility index (Phi) is 3.40. The number of hydrogen-bond acceptors (Lipinski definition) is 2. The van der Waals surface area contributed by atoms with E-state index in [0.29, 0.717) is 5.56 Å². The van der Waals surface area contributed by atoms with Gasteiger partial charge < -0.3 is 5.11 Å². The Morgan fingerprint density at radius 2 is 1.38 bits per heavy atom. The molecule has 0 radical (unpaired) electrons. The van der Waals surface area contributed by atoms with Gasteiger partial charge in [0, 0.05) is 12.0 Å². The van der Waals surface area contributed by atoms with Crippen molar-refractivity contribution in [1.82, 2.24) is 0 Å². The fourth-order valence-corrected chi connectivity index (χ4v) is 2.48. The zero-order chi connectivity index (χ0) is 14.8. The molecular formula is C18H14O3. The van der Waals surface area contributed by atoms with Crippen LogP contribution in [0.25, 0.3) is 21.5 Å². The van der Waals surface area contributed by atoms with E-state index in [2.05, 4.69) is 18.2 Å². The summed E-state index contributed by atoms with van der Waals surface area (Å²) in [6.07, 6.45) is -0.0942. The van der Waals surface area contributed by atoms with Gasteiger partial charge in [-0.05, 0) is 39.7 Å². The zero-order valence-corrected chi connectivity index (χ0v) is 11.4. The van der Waals surface area contributed by atoms with E-state index >= 15 is 0 Å². The van der Waals surface area contributed by atoms with Crippen LogP contribution in [0.3, 0.4) is 0 Å². The number of rotatable bonds is 4. The van der Waals surface area contributed by atoms with Crippen molar-refractivity contribution in [3.8, 4) is 0 Å². The molecule has 0 unspecified atom stereocenters. The van der Waals surface area contributed by atoms with E-state index < -0.39 is 5.97 Å². The third-order valence-corrected chi connectivity index (χ3v) is 3.59. The Hall–Kier alpha value is -2.68. The van der Waals surface area contributed by atoms with Crippen LogP contribution in [0.15, 0.2) is 54.6 Å². The summed E-state index contributed by atoms with van der Waals surface area (Å²) in [4.78, 5) is 22.5. The maximum atomic E-state index is 12.0. The highest BCUT2D eigenvalue weighted by Crippen LogP contribution is 2.24. The van der Waals surface area contributed by atoms with Crippen LogP contribution in [0, 0.1) is 0 Å². The molecule has 3 aromatic rings. The number of fused-ring (bicyclic) bond motifs is 2. The van der Waals surface area contributed by atoms with Gasteiger partial charge in [-0.15, -0.1) is 0 Å². The molecule has 0 aliphatic heterocycles. The van der Waals surface area contributed by atoms with Crippen LogP contribution in [0.5, 0.6) is 0 Å². The summed E-state index contributed by atoms with van der Waals surface area (Å²) >= 11 is 0. The Morgan fingerprint density at radius 1 is 0.762 bits per heavy atom. The molecular weight excluding hydrogens is 264 g/mol. The van der Waals surface area contributed by atoms with Crippen molar-refractivity contribution in [3.63, 3.8) is 0 Å². The monoisotopic (exact) mass is 278 g/mol. The van der Waals surface area contributed by atoms with Gasteiger partial charge in [-0.2, -0.15) is 0 Å². The Labute approximate surface area is 121 Å². The number of carboxylic acids is 1. The van der Waals surface area contributed by atoms with E-state index in [1.165, 1.54) is 0 Å². The van der Waals surface area contributed by atoms with Gasteiger partial charge in [-0.25, -0.2) is 0 Å². The number of aliphatic carboxylic acids is 1. The van der Waals surface area contributed by atoms with Gasteiger partial charge in [0.15, 0.2) is 5.78 Å². The van der Waals surface area contributed by atoms with E-state index in [1.807, 2.05) is 30.3 Å². The maximum Gasteiger partial charge on any atom is 0.303 e. The average Bonchev–Trinajstić information content (AvgIpc) is 2.50. The number of Topliss-reactive ketones (excluding diaryl/α,β-unsaturated/α-hetero) is 1. The lowest BCUT2D eigenvalue weighted by Crippen LogP contribution is -2.03. The van der Waals surface area contributed by atoms with Crippen molar-refractivity contribution < 1.29 is 14.7 Å². The molecule has 0 heterocycles. The molecule has 0 atom stereocenters. The van der Waals surface area contributed by atoms with Crippen molar-refractivity contribution in [2.45, 2.75) is 12.8 Å². The first-order valence-corrected chi connectivity index (χ1v) is 6.81. The normalized spacial score (nSPS) is 10.9. The van der Waals surface area contributed by atoms with Gasteiger partial charge in [0.25, 0.3) is 0 Å². The van der Waals surface area contributed by atoms with Crippen molar-refractivity contribution in [2.75, 3.05) is 0 Å². The number of hydrogen-bond donors (Lipinski definition) is 1. The van der Waals surface area contributed by atoms with Crippen molar-refractivity contribution in [3.05, 3.63) is 60.2 Å². The molecule has 0 aliphatic carbocycles. The molecule has 0 saturated carbocycles. The summed E-state index contributed by atoms with van der Waals surface area (Å²) in [7, 11) is 0. The second-order valence-electron chi connectivity index (χ2n) is 5.08. The van der Waals surface area contributed by atoms with Gasteiger partial charge in [0.1, 0.15) is 0 Å². The lowest BCUT2D eigenvalue weighted by molar-refractivity contribution is -0.136. The summed E-state index contributed by atoms with van der Waals surface area (Å²) in [5.74, 6) is -1.08. The topological polar surface area (TPSA) is 54.4 Å². The Balaban J connectivity index is 2.01. The minimum Gasteiger partial charge on any atom is -0.481 e. The fourth-order valence-electron chi connectivity index (χ4n) is 2.48. The maximum absolute atomic E-state index is 12.0. The third-order valence-electron chi connectivity index (χ3n) is 3.59. The Morgan fingerprint density at radius 3 is 2.05 bits per heavy atom. The zero-order valence-electron chi connectivity index (χ0n) is 11.4. The van der Waals surface area contributed by atoms with Crippen molar-refractivity contribution in [2.24, 2.45) is 0 Å². The molecule has 3 nitrogen and oxygen atoms in total. The third kappa shape index (κ3) is 2.77. The minimum atomic E-state index is -0.949. The summed E-state index contributed by atoms with van der Waals surface area (Å²) in [6, 6.07) is 17.7. The second kappa shape index (κ2) is 5.37. The van der Waals surface area contributed by atoms with Crippen LogP contribution in [0.1, 0.15) is 23.2 Å². The SMILES string of the molecule is O=C(O)CCC(=O)c1ccc2cc3ccccc3cc2c1. The molecule has 1 N–H and O–H groups in total. The molecule has 0 fully saturated rings. The summed E-state index contributed by atoms with van der Waals surface area (Å²) in [5.41, 5.74) is 0.569. The van der Waals surface area contributed by atoms with Gasteiger partial charge in [-0.3, -0.25) is 9.59 Å². The summed E-state index contributed by atoms with van der Waals surface area (Å²) in [6.45, 7) is 0. The Bertz CT molecular complexity index is 849. The number of carboxylic acid groups (broad SMARTS) is 1. The molecule has 3 heteroatoms. The summed E-state index contributed by atoms with van der Waals surface area (Å²) < 4.78 is 0. The smallest absolute Gasteiger partial charge is 0.303 e. The van der Waals surface area contributed by atoms with Crippen LogP contribution < -0.4 is 0 Å². The van der Waals surface area contributed by atoms with E-state index in [0.717, 1.165) is 21.5 Å². The average molecular weight is 278 g/mol. The predicted molar refractivity (Wildman–Crippen MR) is 82.7 cm³/mol. The molecule has 0 spiro atoms. The number of carbonyl (C=O) groups excluding carboxylic acids is 1. The lowest BCUT2D eigenvalue weighted by Gasteiger charge is -2.05. The highest BCUT2D eigenvalue weighted by molar-refractivity contribution is 6.04. The minimum absolute atomic E-state index is 0.0361. The van der Waals surface area contributed by atoms with Gasteiger partial charge in [0.2, 0.25) is 0 Å². The van der Waals surface area contributed by atoms with Gasteiger partial charge in [-0.1, -0.05) is 36.4 Å². The van der Waals surface area contributed by atoms with Crippen LogP contribution in [-0.4, -0.2) is 16.9 Å². The van der Waals surface area contributed by atoms with E-state index in [9.17, 15) is 9.59 Å². The molecule has 0 aromatic heterocycles. The van der Waals surface area contributed by atoms with Gasteiger partial charge in [0.05, 0.1) is 6.42 Å². The van der Waals surface area contributed by atoms with E-state index in [1.54, 1.807) is 6.07 Å². The second-order valence-corrected chi connectivity index (χ2v) is 5.08. The fraction of sp³-hybridized carbons (Fsp3) is 0.111. The largest absolute Gasteiger partial charge is 0.481 e. The van der Waals surface area contributed by atoms with Crippen molar-refractivity contribution in [1.29, 1.82) is 0 Å².